The molecule has 19 heavy (non-hydrogen) atoms. The van der Waals surface area contributed by atoms with E-state index in [0.29, 0.717) is 6.42 Å². The van der Waals surface area contributed by atoms with E-state index in [4.69, 9.17) is 9.84 Å². The lowest BCUT2D eigenvalue weighted by Crippen LogP contribution is -2.58. The van der Waals surface area contributed by atoms with Crippen LogP contribution in [0.2, 0.25) is 0 Å². The number of hydrogen-bond acceptors (Lipinski definition) is 5. The Morgan fingerprint density at radius 3 is 2.11 bits per heavy atom. The summed E-state index contributed by atoms with van der Waals surface area (Å²) in [6.45, 7) is -0.395. The third-order valence-electron chi connectivity index (χ3n) is 3.34. The number of ether oxygens (including phenoxy) is 1. The van der Waals surface area contributed by atoms with Crippen LogP contribution in [0.5, 0.6) is 0 Å². The van der Waals surface area contributed by atoms with Crippen LogP contribution in [0.1, 0.15) is 5.56 Å². The minimum Gasteiger partial charge on any atom is -0.394 e. The van der Waals surface area contributed by atoms with Gasteiger partial charge in [0.25, 0.3) is 0 Å². The fraction of sp³-hybridized carbons (Fsp3) is 0.538. The molecular formula is C13H17IO5. The summed E-state index contributed by atoms with van der Waals surface area (Å²) in [7, 11) is 0. The number of benzene rings is 1. The van der Waals surface area contributed by atoms with Crippen LogP contribution in [-0.4, -0.2) is 57.6 Å². The molecule has 5 nitrogen and oxygen atoms in total. The lowest BCUT2D eigenvalue weighted by Gasteiger charge is -2.40. The lowest BCUT2D eigenvalue weighted by molar-refractivity contribution is -0.228. The van der Waals surface area contributed by atoms with Gasteiger partial charge in [-0.3, -0.25) is 0 Å². The first-order valence-electron chi connectivity index (χ1n) is 6.08. The molecule has 5 unspecified atom stereocenters. The topological polar surface area (TPSA) is 90.2 Å². The van der Waals surface area contributed by atoms with E-state index in [2.05, 4.69) is 22.6 Å². The molecule has 1 aliphatic heterocycles. The third-order valence-corrected chi connectivity index (χ3v) is 4.06. The molecule has 5 atom stereocenters. The van der Waals surface area contributed by atoms with Crippen molar-refractivity contribution in [1.29, 1.82) is 0 Å². The van der Waals surface area contributed by atoms with Crippen molar-refractivity contribution in [3.05, 3.63) is 33.4 Å². The Kier molecular flexibility index (Phi) is 5.15. The van der Waals surface area contributed by atoms with Crippen molar-refractivity contribution < 1.29 is 25.2 Å². The summed E-state index contributed by atoms with van der Waals surface area (Å²) < 4.78 is 6.56. The second-order valence-corrected chi connectivity index (χ2v) is 5.94. The highest BCUT2D eigenvalue weighted by Crippen LogP contribution is 2.24. The highest BCUT2D eigenvalue weighted by molar-refractivity contribution is 14.1. The first kappa shape index (κ1) is 15.1. The van der Waals surface area contributed by atoms with Gasteiger partial charge in [-0.1, -0.05) is 12.1 Å². The Hall–Kier alpha value is -0.250. The standard InChI is InChI=1S/C13H17IO5/c14-8-3-1-7(2-4-8)5-9-11(16)13(18)12(17)10(6-15)19-9/h1-4,9-13,15-18H,5-6H2. The van der Waals surface area contributed by atoms with E-state index < -0.39 is 37.1 Å². The molecule has 1 heterocycles. The van der Waals surface area contributed by atoms with Crippen LogP contribution in [0, 0.1) is 3.57 Å². The molecule has 0 bridgehead atoms. The Morgan fingerprint density at radius 2 is 1.53 bits per heavy atom. The second kappa shape index (κ2) is 6.47. The largest absolute Gasteiger partial charge is 0.394 e. The highest BCUT2D eigenvalue weighted by atomic mass is 127. The van der Waals surface area contributed by atoms with Crippen molar-refractivity contribution in [2.75, 3.05) is 6.61 Å². The molecule has 0 aliphatic carbocycles. The second-order valence-electron chi connectivity index (χ2n) is 4.70. The molecule has 2 rings (SSSR count). The van der Waals surface area contributed by atoms with Gasteiger partial charge in [0.2, 0.25) is 0 Å². The molecule has 0 spiro atoms. The smallest absolute Gasteiger partial charge is 0.111 e. The van der Waals surface area contributed by atoms with Gasteiger partial charge in [0.15, 0.2) is 0 Å². The van der Waals surface area contributed by atoms with Gasteiger partial charge in [0, 0.05) is 9.99 Å². The van der Waals surface area contributed by atoms with Gasteiger partial charge in [-0.2, -0.15) is 0 Å². The van der Waals surface area contributed by atoms with Crippen LogP contribution < -0.4 is 0 Å². The summed E-state index contributed by atoms with van der Waals surface area (Å²) in [6.07, 6.45) is -4.84. The van der Waals surface area contributed by atoms with Gasteiger partial charge in [0.1, 0.15) is 24.4 Å². The predicted molar refractivity (Wildman–Crippen MR) is 76.6 cm³/mol. The van der Waals surface area contributed by atoms with E-state index in [1.807, 2.05) is 24.3 Å². The zero-order valence-electron chi connectivity index (χ0n) is 10.2. The normalized spacial score (nSPS) is 35.3. The predicted octanol–water partition coefficient (Wildman–Crippen LogP) is -0.324. The average molecular weight is 380 g/mol. The minimum absolute atomic E-state index is 0.395. The van der Waals surface area contributed by atoms with E-state index in [0.717, 1.165) is 9.13 Å². The maximum absolute atomic E-state index is 9.92. The molecule has 1 aliphatic rings. The van der Waals surface area contributed by atoms with E-state index in [1.165, 1.54) is 0 Å². The SMILES string of the molecule is OCC1OC(Cc2ccc(I)cc2)C(O)C(O)C1O. The van der Waals surface area contributed by atoms with Crippen LogP contribution in [-0.2, 0) is 11.2 Å². The molecule has 0 amide bonds. The van der Waals surface area contributed by atoms with Crippen molar-refractivity contribution >= 4 is 22.6 Å². The van der Waals surface area contributed by atoms with E-state index in [9.17, 15) is 15.3 Å². The van der Waals surface area contributed by atoms with E-state index >= 15 is 0 Å². The monoisotopic (exact) mass is 380 g/mol. The third kappa shape index (κ3) is 3.45. The van der Waals surface area contributed by atoms with Gasteiger partial charge in [0.05, 0.1) is 12.7 Å². The van der Waals surface area contributed by atoms with Crippen LogP contribution in [0.25, 0.3) is 0 Å². The Morgan fingerprint density at radius 1 is 0.947 bits per heavy atom. The number of rotatable bonds is 3. The molecule has 106 valence electrons. The lowest BCUT2D eigenvalue weighted by atomic mass is 9.92. The fourth-order valence-electron chi connectivity index (χ4n) is 2.20. The highest BCUT2D eigenvalue weighted by Gasteiger charge is 2.43. The molecule has 1 fully saturated rings. The maximum atomic E-state index is 9.92. The summed E-state index contributed by atoms with van der Waals surface area (Å²) in [5, 5.41) is 38.4. The quantitative estimate of drug-likeness (QED) is 0.540. The maximum Gasteiger partial charge on any atom is 0.111 e. The molecule has 1 saturated heterocycles. The van der Waals surface area contributed by atoms with Gasteiger partial charge < -0.3 is 25.2 Å². The number of hydrogen-bond donors (Lipinski definition) is 4. The molecule has 1 aromatic carbocycles. The first-order chi connectivity index (χ1) is 9.02. The molecule has 1 aromatic rings. The number of halogens is 1. The summed E-state index contributed by atoms with van der Waals surface area (Å²) in [6, 6.07) is 7.73. The number of aliphatic hydroxyl groups excluding tert-OH is 4. The Bertz CT molecular complexity index is 408. The van der Waals surface area contributed by atoms with Crippen molar-refractivity contribution in [2.45, 2.75) is 36.9 Å². The zero-order chi connectivity index (χ0) is 14.0. The van der Waals surface area contributed by atoms with Crippen molar-refractivity contribution in [1.82, 2.24) is 0 Å². The first-order valence-corrected chi connectivity index (χ1v) is 7.15. The van der Waals surface area contributed by atoms with E-state index in [-0.39, 0.29) is 0 Å². The Labute approximate surface area is 125 Å². The van der Waals surface area contributed by atoms with Crippen LogP contribution in [0.15, 0.2) is 24.3 Å². The molecule has 4 N–H and O–H groups in total. The summed E-state index contributed by atoms with van der Waals surface area (Å²) in [5.74, 6) is 0. The molecule has 0 aromatic heterocycles. The average Bonchev–Trinajstić information content (AvgIpc) is 2.42. The fourth-order valence-corrected chi connectivity index (χ4v) is 2.56. The van der Waals surface area contributed by atoms with Gasteiger partial charge in [-0.25, -0.2) is 0 Å². The molecule has 0 radical (unpaired) electrons. The van der Waals surface area contributed by atoms with Crippen molar-refractivity contribution in [2.24, 2.45) is 0 Å². The molecular weight excluding hydrogens is 363 g/mol. The minimum atomic E-state index is -1.31. The van der Waals surface area contributed by atoms with Gasteiger partial charge >= 0.3 is 0 Å². The zero-order valence-corrected chi connectivity index (χ0v) is 12.3. The van der Waals surface area contributed by atoms with Gasteiger partial charge in [-0.15, -0.1) is 0 Å². The van der Waals surface area contributed by atoms with Crippen molar-refractivity contribution in [3.8, 4) is 0 Å². The Balaban J connectivity index is 2.08. The summed E-state index contributed by atoms with van der Waals surface area (Å²) >= 11 is 2.20. The van der Waals surface area contributed by atoms with Crippen LogP contribution in [0.4, 0.5) is 0 Å². The van der Waals surface area contributed by atoms with E-state index in [1.54, 1.807) is 0 Å². The van der Waals surface area contributed by atoms with Crippen molar-refractivity contribution in [3.63, 3.8) is 0 Å². The molecule has 0 saturated carbocycles. The number of aliphatic hydroxyl groups is 4. The molecule has 6 heteroatoms. The van der Waals surface area contributed by atoms with Gasteiger partial charge in [-0.05, 0) is 40.3 Å². The summed E-state index contributed by atoms with van der Waals surface area (Å²) in [5.41, 5.74) is 0.963. The summed E-state index contributed by atoms with van der Waals surface area (Å²) in [4.78, 5) is 0. The van der Waals surface area contributed by atoms with Crippen LogP contribution >= 0.6 is 22.6 Å². The van der Waals surface area contributed by atoms with Crippen LogP contribution in [0.3, 0.4) is 0 Å².